The predicted octanol–water partition coefficient (Wildman–Crippen LogP) is 4.43. The molecule has 0 radical (unpaired) electrons. The Morgan fingerprint density at radius 3 is 1.56 bits per heavy atom. The molecule has 4 atom stereocenters. The van der Waals surface area contributed by atoms with Gasteiger partial charge in [0.2, 0.25) is 23.6 Å². The topological polar surface area (TPSA) is 101 Å². The monoisotopic (exact) mass is 566 g/mol. The molecule has 8 nitrogen and oxygen atoms in total. The van der Waals surface area contributed by atoms with Crippen molar-refractivity contribution in [1.82, 2.24) is 0 Å². The number of nitrogens with zero attached hydrogens (tertiary/aromatic N) is 2. The van der Waals surface area contributed by atoms with E-state index in [9.17, 15) is 24.0 Å². The van der Waals surface area contributed by atoms with Crippen LogP contribution in [0.5, 0.6) is 0 Å². The van der Waals surface area contributed by atoms with E-state index < -0.39 is 64.6 Å². The van der Waals surface area contributed by atoms with E-state index in [1.807, 2.05) is 0 Å². The molecule has 0 aromatic heterocycles. The van der Waals surface area contributed by atoms with Gasteiger partial charge in [0.15, 0.2) is 0 Å². The molecule has 3 fully saturated rings. The zero-order valence-corrected chi connectivity index (χ0v) is 22.8. The van der Waals surface area contributed by atoms with E-state index in [2.05, 4.69) is 0 Å². The molecular weight excluding hydrogens is 543 g/mol. The van der Waals surface area contributed by atoms with Crippen molar-refractivity contribution in [3.05, 3.63) is 69.7 Å². The van der Waals surface area contributed by atoms with Crippen molar-refractivity contribution in [2.45, 2.75) is 20.8 Å². The van der Waals surface area contributed by atoms with Gasteiger partial charge >= 0.3 is 5.97 Å². The van der Waals surface area contributed by atoms with Crippen LogP contribution in [-0.4, -0.2) is 36.2 Å². The van der Waals surface area contributed by atoms with Gasteiger partial charge in [-0.2, -0.15) is 0 Å². The van der Waals surface area contributed by atoms with Gasteiger partial charge in [-0.1, -0.05) is 35.7 Å². The van der Waals surface area contributed by atoms with Gasteiger partial charge in [0.05, 0.1) is 41.7 Å². The Balaban J connectivity index is 1.54. The fourth-order valence-electron chi connectivity index (χ4n) is 7.50. The number of esters is 1. The van der Waals surface area contributed by atoms with Crippen LogP contribution in [0.1, 0.15) is 20.8 Å². The molecule has 3 aliphatic carbocycles. The molecule has 0 spiro atoms. The zero-order chi connectivity index (χ0) is 28.0. The maximum absolute atomic E-state index is 14.1. The van der Waals surface area contributed by atoms with Crippen molar-refractivity contribution in [1.29, 1.82) is 0 Å². The molecule has 2 bridgehead atoms. The van der Waals surface area contributed by atoms with Crippen molar-refractivity contribution < 1.29 is 28.7 Å². The van der Waals surface area contributed by atoms with E-state index >= 15 is 0 Å². The molecule has 7 rings (SSSR count). The van der Waals surface area contributed by atoms with Crippen molar-refractivity contribution in [3.8, 4) is 0 Å². The number of carbonyl (C=O) groups excluding carboxylic acids is 5. The highest BCUT2D eigenvalue weighted by molar-refractivity contribution is 6.31. The van der Waals surface area contributed by atoms with E-state index in [1.54, 1.807) is 69.3 Å². The van der Waals surface area contributed by atoms with Gasteiger partial charge in [-0.3, -0.25) is 29.0 Å². The average Bonchev–Trinajstić information content (AvgIpc) is 3.32. The van der Waals surface area contributed by atoms with Crippen LogP contribution in [0.15, 0.2) is 59.7 Å². The number of carbonyl (C=O) groups is 5. The Kier molecular flexibility index (Phi) is 5.79. The molecule has 2 heterocycles. The second-order valence-corrected chi connectivity index (χ2v) is 11.4. The summed E-state index contributed by atoms with van der Waals surface area (Å²) in [4.78, 5) is 71.8. The van der Waals surface area contributed by atoms with E-state index in [4.69, 9.17) is 27.9 Å². The third kappa shape index (κ3) is 3.28. The Labute approximate surface area is 234 Å². The van der Waals surface area contributed by atoms with Crippen molar-refractivity contribution in [3.63, 3.8) is 0 Å². The molecule has 4 amide bonds. The quantitative estimate of drug-likeness (QED) is 0.400. The molecule has 0 unspecified atom stereocenters. The highest BCUT2D eigenvalue weighted by Crippen LogP contribution is 2.68. The van der Waals surface area contributed by atoms with Crippen LogP contribution in [0.25, 0.3) is 0 Å². The number of allylic oxidation sites excluding steroid dienone is 1. The number of rotatable bonds is 4. The van der Waals surface area contributed by atoms with Crippen LogP contribution in [0, 0.1) is 35.0 Å². The van der Waals surface area contributed by atoms with E-state index in [-0.39, 0.29) is 12.2 Å². The SMILES string of the molecule is CCOC(=O)C1=C(C)C2[C@@H]3C(=O)N(c4ccc(Cl)cc4)C(=O)[C@@H]3C1(C)[C@H]1C(=O)N(c3ccc(Cl)cc3)C(=O)[C@@H]21. The van der Waals surface area contributed by atoms with Crippen LogP contribution >= 0.6 is 23.2 Å². The third-order valence-electron chi connectivity index (χ3n) is 8.85. The fraction of sp³-hybridized carbons (Fsp3) is 0.345. The highest BCUT2D eigenvalue weighted by Gasteiger charge is 2.77. The summed E-state index contributed by atoms with van der Waals surface area (Å²) >= 11 is 12.1. The summed E-state index contributed by atoms with van der Waals surface area (Å²) in [6, 6.07) is 12.6. The first-order valence-electron chi connectivity index (χ1n) is 12.7. The molecule has 2 aromatic rings. The molecule has 2 aromatic carbocycles. The number of halogens is 2. The second-order valence-electron chi connectivity index (χ2n) is 10.6. The summed E-state index contributed by atoms with van der Waals surface area (Å²) < 4.78 is 5.39. The molecule has 10 heteroatoms. The maximum atomic E-state index is 14.1. The molecule has 200 valence electrons. The minimum atomic E-state index is -1.46. The molecule has 39 heavy (non-hydrogen) atoms. The van der Waals surface area contributed by atoms with Crippen molar-refractivity contribution >= 4 is 64.2 Å². The number of anilines is 2. The van der Waals surface area contributed by atoms with Crippen LogP contribution < -0.4 is 9.80 Å². The van der Waals surface area contributed by atoms with Crippen LogP contribution in [-0.2, 0) is 28.7 Å². The minimum absolute atomic E-state index is 0.0894. The lowest BCUT2D eigenvalue weighted by Gasteiger charge is -2.55. The summed E-state index contributed by atoms with van der Waals surface area (Å²) in [6.45, 7) is 5.11. The lowest BCUT2D eigenvalue weighted by Crippen LogP contribution is -2.61. The summed E-state index contributed by atoms with van der Waals surface area (Å²) in [7, 11) is 0. The molecule has 2 saturated heterocycles. The lowest BCUT2D eigenvalue weighted by molar-refractivity contribution is -0.155. The number of benzene rings is 2. The van der Waals surface area contributed by atoms with Crippen molar-refractivity contribution in [2.75, 3.05) is 16.4 Å². The van der Waals surface area contributed by atoms with Gasteiger partial charge < -0.3 is 4.74 Å². The molecule has 2 aliphatic heterocycles. The first kappa shape index (κ1) is 25.8. The standard InChI is InChI=1S/C29H24Cl2N2O6/c1-4-39-28(38)21-13(2)18-19-22(26(36)32(24(19)34)16-9-5-14(30)6-10-16)29(21,3)23-20(18)25(35)33(27(23)37)17-11-7-15(31)8-12-17/h5-12,18-20,22-23H,4H2,1-3H3/t18?,19-,20-,22+,23+,29?/m0/s1. The molecular formula is C29H24Cl2N2O6. The molecule has 0 N–H and O–H groups in total. The first-order valence-corrected chi connectivity index (χ1v) is 13.4. The van der Waals surface area contributed by atoms with Gasteiger partial charge in [-0.05, 0) is 62.4 Å². The highest BCUT2D eigenvalue weighted by atomic mass is 35.5. The predicted molar refractivity (Wildman–Crippen MR) is 143 cm³/mol. The van der Waals surface area contributed by atoms with Gasteiger partial charge in [0.25, 0.3) is 0 Å². The largest absolute Gasteiger partial charge is 0.463 e. The van der Waals surface area contributed by atoms with Crippen LogP contribution in [0.4, 0.5) is 11.4 Å². The van der Waals surface area contributed by atoms with Gasteiger partial charge in [-0.25, -0.2) is 4.79 Å². The normalized spacial score (nSPS) is 31.3. The van der Waals surface area contributed by atoms with Crippen molar-refractivity contribution in [2.24, 2.45) is 35.0 Å². The summed E-state index contributed by atoms with van der Waals surface area (Å²) in [6.07, 6.45) is 0. The number of hydrogen-bond acceptors (Lipinski definition) is 6. The zero-order valence-electron chi connectivity index (χ0n) is 21.3. The van der Waals surface area contributed by atoms with Crippen LogP contribution in [0.2, 0.25) is 10.0 Å². The molecule has 5 aliphatic rings. The fourth-order valence-corrected chi connectivity index (χ4v) is 7.75. The van der Waals surface area contributed by atoms with Crippen LogP contribution in [0.3, 0.4) is 0 Å². The number of hydrogen-bond donors (Lipinski definition) is 0. The average molecular weight is 567 g/mol. The number of ether oxygens (including phenoxy) is 1. The Hall–Kier alpha value is -3.49. The van der Waals surface area contributed by atoms with E-state index in [1.165, 1.54) is 0 Å². The minimum Gasteiger partial charge on any atom is -0.463 e. The second kappa shape index (κ2) is 8.76. The maximum Gasteiger partial charge on any atom is 0.334 e. The summed E-state index contributed by atoms with van der Waals surface area (Å²) in [5.41, 5.74) is -0.0605. The van der Waals surface area contributed by atoms with Gasteiger partial charge in [-0.15, -0.1) is 0 Å². The summed E-state index contributed by atoms with van der Waals surface area (Å²) in [5, 5.41) is 0.884. The van der Waals surface area contributed by atoms with E-state index in [0.717, 1.165) is 9.80 Å². The first-order chi connectivity index (χ1) is 18.5. The third-order valence-corrected chi connectivity index (χ3v) is 9.35. The summed E-state index contributed by atoms with van der Waals surface area (Å²) in [5.74, 6) is -7.33. The Bertz CT molecular complexity index is 1410. The number of imide groups is 2. The number of amides is 4. The van der Waals surface area contributed by atoms with Gasteiger partial charge in [0.1, 0.15) is 0 Å². The van der Waals surface area contributed by atoms with Gasteiger partial charge in [0, 0.05) is 27.0 Å². The van der Waals surface area contributed by atoms with E-state index in [0.29, 0.717) is 27.0 Å². The smallest absolute Gasteiger partial charge is 0.334 e. The Morgan fingerprint density at radius 2 is 1.18 bits per heavy atom. The lowest BCUT2D eigenvalue weighted by atomic mass is 9.43. The Morgan fingerprint density at radius 1 is 0.769 bits per heavy atom. The molecule has 1 saturated carbocycles.